The number of esters is 1. The highest BCUT2D eigenvalue weighted by Gasteiger charge is 2.29. The Bertz CT molecular complexity index is 424. The number of nitrogens with zero attached hydrogens (tertiary/aromatic N) is 1. The molecule has 0 N–H and O–H groups in total. The first-order valence-corrected chi connectivity index (χ1v) is 6.19. The van der Waals surface area contributed by atoms with Crippen LogP contribution in [0.4, 0.5) is 0 Å². The molecule has 1 amide bonds. The van der Waals surface area contributed by atoms with E-state index in [2.05, 4.69) is 0 Å². The van der Waals surface area contributed by atoms with E-state index in [1.807, 2.05) is 30.3 Å². The zero-order valence-corrected chi connectivity index (χ0v) is 10.5. The van der Waals surface area contributed by atoms with Gasteiger partial charge in [-0.25, -0.2) is 0 Å². The van der Waals surface area contributed by atoms with Gasteiger partial charge in [0.05, 0.1) is 0 Å². The molecule has 1 aliphatic heterocycles. The van der Waals surface area contributed by atoms with Crippen molar-refractivity contribution in [3.8, 4) is 0 Å². The van der Waals surface area contributed by atoms with Gasteiger partial charge >= 0.3 is 5.97 Å². The molecule has 18 heavy (non-hydrogen) atoms. The summed E-state index contributed by atoms with van der Waals surface area (Å²) in [7, 11) is 0. The second kappa shape index (κ2) is 5.67. The van der Waals surface area contributed by atoms with Crippen LogP contribution in [0.3, 0.4) is 0 Å². The molecule has 1 aliphatic rings. The Labute approximate surface area is 107 Å². The molecular weight excluding hydrogens is 230 g/mol. The van der Waals surface area contributed by atoms with Crippen LogP contribution in [0.15, 0.2) is 30.3 Å². The van der Waals surface area contributed by atoms with Gasteiger partial charge in [0.25, 0.3) is 5.91 Å². The maximum atomic E-state index is 12.3. The van der Waals surface area contributed by atoms with Crippen molar-refractivity contribution < 1.29 is 14.3 Å². The van der Waals surface area contributed by atoms with Crippen LogP contribution in [0, 0.1) is 0 Å². The molecule has 0 aliphatic carbocycles. The van der Waals surface area contributed by atoms with E-state index in [-0.39, 0.29) is 5.91 Å². The average Bonchev–Trinajstić information content (AvgIpc) is 2.90. The highest BCUT2D eigenvalue weighted by Crippen LogP contribution is 2.22. The lowest BCUT2D eigenvalue weighted by Crippen LogP contribution is -2.34. The predicted molar refractivity (Wildman–Crippen MR) is 66.8 cm³/mol. The molecule has 1 aromatic rings. The molecule has 0 saturated carbocycles. The van der Waals surface area contributed by atoms with E-state index in [4.69, 9.17) is 4.74 Å². The Morgan fingerprint density at radius 1 is 1.17 bits per heavy atom. The monoisotopic (exact) mass is 247 g/mol. The first-order valence-electron chi connectivity index (χ1n) is 6.19. The summed E-state index contributed by atoms with van der Waals surface area (Å²) in [6.07, 6.45) is 1.24. The minimum absolute atomic E-state index is 0.117. The fourth-order valence-electron chi connectivity index (χ4n) is 2.16. The van der Waals surface area contributed by atoms with Gasteiger partial charge in [-0.15, -0.1) is 0 Å². The van der Waals surface area contributed by atoms with Crippen LogP contribution < -0.4 is 0 Å². The van der Waals surface area contributed by atoms with Gasteiger partial charge in [-0.3, -0.25) is 9.59 Å². The molecule has 2 rings (SSSR count). The van der Waals surface area contributed by atoms with Crippen LogP contribution in [0.2, 0.25) is 0 Å². The van der Waals surface area contributed by atoms with E-state index in [9.17, 15) is 9.59 Å². The van der Waals surface area contributed by atoms with E-state index in [0.29, 0.717) is 0 Å². The van der Waals surface area contributed by atoms with Crippen LogP contribution in [-0.4, -0.2) is 29.9 Å². The molecular formula is C14H17NO3. The lowest BCUT2D eigenvalue weighted by Gasteiger charge is -2.23. The first kappa shape index (κ1) is 12.6. The van der Waals surface area contributed by atoms with E-state index < -0.39 is 12.1 Å². The van der Waals surface area contributed by atoms with Gasteiger partial charge < -0.3 is 9.64 Å². The highest BCUT2D eigenvalue weighted by atomic mass is 16.5. The van der Waals surface area contributed by atoms with Gasteiger partial charge in [0, 0.05) is 25.6 Å². The molecule has 1 saturated heterocycles. The minimum atomic E-state index is -0.804. The molecule has 1 heterocycles. The molecule has 1 atom stereocenters. The third-order valence-electron chi connectivity index (χ3n) is 3.03. The second-order valence-electron chi connectivity index (χ2n) is 4.43. The predicted octanol–water partition coefficient (Wildman–Crippen LogP) is 1.91. The van der Waals surface area contributed by atoms with Crippen molar-refractivity contribution in [1.29, 1.82) is 0 Å². The normalized spacial score (nSPS) is 16.4. The largest absolute Gasteiger partial charge is 0.447 e. The Balaban J connectivity index is 2.19. The number of amides is 1. The number of likely N-dealkylation sites (tertiary alicyclic amines) is 1. The van der Waals surface area contributed by atoms with Crippen molar-refractivity contribution in [2.75, 3.05) is 13.1 Å². The van der Waals surface area contributed by atoms with E-state index in [1.165, 1.54) is 6.92 Å². The van der Waals surface area contributed by atoms with Gasteiger partial charge in [0.15, 0.2) is 0 Å². The molecule has 4 heteroatoms. The maximum absolute atomic E-state index is 12.3. The van der Waals surface area contributed by atoms with Crippen molar-refractivity contribution in [2.24, 2.45) is 0 Å². The van der Waals surface area contributed by atoms with Gasteiger partial charge in [0.1, 0.15) is 0 Å². The molecule has 96 valence electrons. The summed E-state index contributed by atoms with van der Waals surface area (Å²) in [6.45, 7) is 2.83. The summed E-state index contributed by atoms with van der Waals surface area (Å²) >= 11 is 0. The first-order chi connectivity index (χ1) is 8.68. The van der Waals surface area contributed by atoms with E-state index in [0.717, 1.165) is 31.5 Å². The Morgan fingerprint density at radius 3 is 2.33 bits per heavy atom. The zero-order chi connectivity index (χ0) is 13.0. The van der Waals surface area contributed by atoms with Crippen LogP contribution in [-0.2, 0) is 14.3 Å². The quantitative estimate of drug-likeness (QED) is 0.766. The van der Waals surface area contributed by atoms with Crippen LogP contribution >= 0.6 is 0 Å². The molecule has 4 nitrogen and oxygen atoms in total. The van der Waals surface area contributed by atoms with Crippen molar-refractivity contribution in [3.63, 3.8) is 0 Å². The molecule has 0 aromatic heterocycles. The molecule has 1 aromatic carbocycles. The lowest BCUT2D eigenvalue weighted by molar-refractivity contribution is -0.158. The van der Waals surface area contributed by atoms with E-state index in [1.54, 1.807) is 4.90 Å². The number of hydrogen-bond acceptors (Lipinski definition) is 3. The summed E-state index contributed by atoms with van der Waals surface area (Å²) < 4.78 is 5.18. The number of ether oxygens (including phenoxy) is 1. The Morgan fingerprint density at radius 2 is 1.78 bits per heavy atom. The number of carbonyl (C=O) groups is 2. The van der Waals surface area contributed by atoms with Gasteiger partial charge in [-0.2, -0.15) is 0 Å². The Hall–Kier alpha value is -1.84. The molecule has 0 bridgehead atoms. The van der Waals surface area contributed by atoms with Crippen LogP contribution in [0.1, 0.15) is 31.4 Å². The molecule has 0 radical (unpaired) electrons. The Kier molecular flexibility index (Phi) is 3.97. The second-order valence-corrected chi connectivity index (χ2v) is 4.43. The zero-order valence-electron chi connectivity index (χ0n) is 10.5. The minimum Gasteiger partial charge on any atom is -0.447 e. The number of carbonyl (C=O) groups excluding carboxylic acids is 2. The standard InChI is InChI=1S/C14H17NO3/c1-11(16)18-13(12-7-3-2-4-8-12)14(17)15-9-5-6-10-15/h2-4,7-8,13H,5-6,9-10H2,1H3. The van der Waals surface area contributed by atoms with Crippen molar-refractivity contribution in [1.82, 2.24) is 4.90 Å². The van der Waals surface area contributed by atoms with Gasteiger partial charge in [-0.1, -0.05) is 30.3 Å². The third kappa shape index (κ3) is 2.88. The van der Waals surface area contributed by atoms with Crippen molar-refractivity contribution in [2.45, 2.75) is 25.9 Å². The van der Waals surface area contributed by atoms with Crippen LogP contribution in [0.25, 0.3) is 0 Å². The van der Waals surface area contributed by atoms with Gasteiger partial charge in [0.2, 0.25) is 6.10 Å². The number of hydrogen-bond donors (Lipinski definition) is 0. The van der Waals surface area contributed by atoms with Gasteiger partial charge in [-0.05, 0) is 12.8 Å². The van der Waals surface area contributed by atoms with Crippen molar-refractivity contribution >= 4 is 11.9 Å². The summed E-state index contributed by atoms with van der Waals surface area (Å²) in [5, 5.41) is 0. The molecule has 1 unspecified atom stereocenters. The lowest BCUT2D eigenvalue weighted by atomic mass is 10.1. The average molecular weight is 247 g/mol. The number of rotatable bonds is 3. The molecule has 1 fully saturated rings. The smallest absolute Gasteiger partial charge is 0.303 e. The SMILES string of the molecule is CC(=O)OC(C(=O)N1CCCC1)c1ccccc1. The fourth-order valence-corrected chi connectivity index (χ4v) is 2.16. The summed E-state index contributed by atoms with van der Waals surface area (Å²) in [5.74, 6) is -0.551. The van der Waals surface area contributed by atoms with Crippen molar-refractivity contribution in [3.05, 3.63) is 35.9 Å². The topological polar surface area (TPSA) is 46.6 Å². The molecule has 0 spiro atoms. The summed E-state index contributed by atoms with van der Waals surface area (Å²) in [4.78, 5) is 25.2. The summed E-state index contributed by atoms with van der Waals surface area (Å²) in [5.41, 5.74) is 0.726. The highest BCUT2D eigenvalue weighted by molar-refractivity contribution is 5.84. The summed E-state index contributed by atoms with van der Waals surface area (Å²) in [6, 6.07) is 9.16. The third-order valence-corrected chi connectivity index (χ3v) is 3.03. The fraction of sp³-hybridized carbons (Fsp3) is 0.429. The van der Waals surface area contributed by atoms with Crippen LogP contribution in [0.5, 0.6) is 0 Å². The number of benzene rings is 1. The van der Waals surface area contributed by atoms with E-state index >= 15 is 0 Å². The maximum Gasteiger partial charge on any atom is 0.303 e.